The summed E-state index contributed by atoms with van der Waals surface area (Å²) >= 11 is 1.44. The zero-order valence-corrected chi connectivity index (χ0v) is 17.8. The molecule has 0 spiro atoms. The summed E-state index contributed by atoms with van der Waals surface area (Å²) in [7, 11) is 0. The molecule has 1 saturated heterocycles. The van der Waals surface area contributed by atoms with Gasteiger partial charge >= 0.3 is 5.97 Å². The Bertz CT molecular complexity index is 991. The van der Waals surface area contributed by atoms with Crippen LogP contribution in [-0.4, -0.2) is 32.6 Å². The first kappa shape index (κ1) is 19.7. The van der Waals surface area contributed by atoms with Gasteiger partial charge in [0, 0.05) is 12.0 Å². The van der Waals surface area contributed by atoms with Crippen molar-refractivity contribution in [1.82, 2.24) is 14.8 Å². The van der Waals surface area contributed by atoms with Crippen LogP contribution in [0.5, 0.6) is 0 Å². The van der Waals surface area contributed by atoms with Crippen molar-refractivity contribution in [3.63, 3.8) is 0 Å². The molecular weight excluding hydrogens is 382 g/mol. The minimum Gasteiger partial charge on any atom is -0.465 e. The number of hydrogen-bond donors (Lipinski definition) is 0. The van der Waals surface area contributed by atoms with Crippen molar-refractivity contribution in [2.45, 2.75) is 49.6 Å². The molecule has 3 aromatic rings. The average Bonchev–Trinajstić information content (AvgIpc) is 3.29. The van der Waals surface area contributed by atoms with E-state index in [0.717, 1.165) is 22.1 Å². The van der Waals surface area contributed by atoms with E-state index in [-0.39, 0.29) is 16.6 Å². The van der Waals surface area contributed by atoms with Crippen LogP contribution < -0.4 is 0 Å². The lowest BCUT2D eigenvalue weighted by Crippen LogP contribution is -2.12. The molecule has 0 N–H and O–H groups in total. The van der Waals surface area contributed by atoms with Gasteiger partial charge in [0.15, 0.2) is 11.0 Å². The Morgan fingerprint density at radius 2 is 1.79 bits per heavy atom. The highest BCUT2D eigenvalue weighted by atomic mass is 32.2. The second-order valence-electron chi connectivity index (χ2n) is 8.27. The lowest BCUT2D eigenvalue weighted by atomic mass is 9.87. The van der Waals surface area contributed by atoms with Crippen molar-refractivity contribution in [2.75, 3.05) is 6.61 Å². The molecule has 1 aliphatic rings. The molecule has 6 heteroatoms. The minimum absolute atomic E-state index is 0.0973. The third kappa shape index (κ3) is 4.37. The number of rotatable bonds is 5. The van der Waals surface area contributed by atoms with E-state index >= 15 is 0 Å². The van der Waals surface area contributed by atoms with Gasteiger partial charge in [0.2, 0.25) is 0 Å². The molecule has 0 bridgehead atoms. The van der Waals surface area contributed by atoms with Crippen molar-refractivity contribution >= 4 is 17.7 Å². The molecule has 0 amide bonds. The number of carbonyl (C=O) groups excluding carboxylic acids is 1. The molecule has 150 valence electrons. The normalized spacial score (nSPS) is 16.8. The standard InChI is InChI=1S/C23H25N3O2S/c1-23(2,3)18-11-9-17(10-12-18)20-24-25-22(29-19-13-14-28-21(19)27)26(20)15-16-7-5-4-6-8-16/h4-12,19H,13-15H2,1-3H3/t19-/m1/s1. The summed E-state index contributed by atoms with van der Waals surface area (Å²) in [5, 5.41) is 9.43. The summed E-state index contributed by atoms with van der Waals surface area (Å²) in [6.45, 7) is 7.73. The molecule has 4 rings (SSSR count). The number of hydrogen-bond acceptors (Lipinski definition) is 5. The Kier molecular flexibility index (Phi) is 5.46. The largest absolute Gasteiger partial charge is 0.465 e. The van der Waals surface area contributed by atoms with Gasteiger partial charge in [-0.1, -0.05) is 87.1 Å². The molecule has 1 aromatic heterocycles. The van der Waals surface area contributed by atoms with Gasteiger partial charge in [0.25, 0.3) is 0 Å². The Morgan fingerprint density at radius 3 is 2.41 bits per heavy atom. The number of thioether (sulfide) groups is 1. The summed E-state index contributed by atoms with van der Waals surface area (Å²) in [5.41, 5.74) is 3.55. The van der Waals surface area contributed by atoms with Gasteiger partial charge in [-0.2, -0.15) is 0 Å². The molecule has 5 nitrogen and oxygen atoms in total. The predicted octanol–water partition coefficient (Wildman–Crippen LogP) is 4.70. The molecule has 1 aliphatic heterocycles. The van der Waals surface area contributed by atoms with Crippen molar-refractivity contribution in [2.24, 2.45) is 0 Å². The quantitative estimate of drug-likeness (QED) is 0.574. The van der Waals surface area contributed by atoms with Crippen LogP contribution in [0.3, 0.4) is 0 Å². The van der Waals surface area contributed by atoms with E-state index in [1.165, 1.54) is 17.3 Å². The number of nitrogens with zero attached hydrogens (tertiary/aromatic N) is 3. The maximum atomic E-state index is 12.0. The number of aromatic nitrogens is 3. The number of esters is 1. The molecule has 2 heterocycles. The Hall–Kier alpha value is -2.60. The first-order valence-corrected chi connectivity index (χ1v) is 10.7. The van der Waals surface area contributed by atoms with Gasteiger partial charge in [-0.05, 0) is 16.5 Å². The van der Waals surface area contributed by atoms with E-state index in [1.54, 1.807) is 0 Å². The number of benzene rings is 2. The van der Waals surface area contributed by atoms with Gasteiger partial charge in [-0.15, -0.1) is 10.2 Å². The van der Waals surface area contributed by atoms with Gasteiger partial charge in [-0.3, -0.25) is 9.36 Å². The second kappa shape index (κ2) is 8.03. The van der Waals surface area contributed by atoms with E-state index in [0.29, 0.717) is 19.6 Å². The molecule has 2 aromatic carbocycles. The topological polar surface area (TPSA) is 57.0 Å². The maximum absolute atomic E-state index is 12.0. The Morgan fingerprint density at radius 1 is 1.07 bits per heavy atom. The van der Waals surface area contributed by atoms with Gasteiger partial charge in [0.05, 0.1) is 13.2 Å². The third-order valence-electron chi connectivity index (χ3n) is 5.04. The molecular formula is C23H25N3O2S. The van der Waals surface area contributed by atoms with Crippen LogP contribution in [-0.2, 0) is 21.5 Å². The summed E-state index contributed by atoms with van der Waals surface area (Å²) in [6, 6.07) is 18.7. The predicted molar refractivity (Wildman–Crippen MR) is 115 cm³/mol. The smallest absolute Gasteiger partial charge is 0.319 e. The van der Waals surface area contributed by atoms with Crippen LogP contribution >= 0.6 is 11.8 Å². The van der Waals surface area contributed by atoms with E-state index in [1.807, 2.05) is 18.2 Å². The molecule has 0 radical (unpaired) electrons. The van der Waals surface area contributed by atoms with Crippen molar-refractivity contribution < 1.29 is 9.53 Å². The minimum atomic E-state index is -0.218. The first-order valence-electron chi connectivity index (χ1n) is 9.83. The van der Waals surface area contributed by atoms with Crippen LogP contribution in [0, 0.1) is 0 Å². The highest BCUT2D eigenvalue weighted by Crippen LogP contribution is 2.32. The number of carbonyl (C=O) groups is 1. The lowest BCUT2D eigenvalue weighted by molar-refractivity contribution is -0.137. The van der Waals surface area contributed by atoms with Gasteiger partial charge in [0.1, 0.15) is 5.25 Å². The average molecular weight is 408 g/mol. The Labute approximate surface area is 175 Å². The molecule has 29 heavy (non-hydrogen) atoms. The van der Waals surface area contributed by atoms with Crippen LogP contribution in [0.15, 0.2) is 59.8 Å². The fourth-order valence-electron chi connectivity index (χ4n) is 3.33. The monoisotopic (exact) mass is 407 g/mol. The first-order chi connectivity index (χ1) is 13.9. The molecule has 1 atom stereocenters. The fourth-order valence-corrected chi connectivity index (χ4v) is 4.33. The molecule has 0 saturated carbocycles. The zero-order chi connectivity index (χ0) is 20.4. The zero-order valence-electron chi connectivity index (χ0n) is 17.0. The van der Waals surface area contributed by atoms with E-state index < -0.39 is 0 Å². The van der Waals surface area contributed by atoms with Crippen LogP contribution in [0.2, 0.25) is 0 Å². The van der Waals surface area contributed by atoms with E-state index in [2.05, 4.69) is 71.9 Å². The third-order valence-corrected chi connectivity index (χ3v) is 6.27. The van der Waals surface area contributed by atoms with E-state index in [4.69, 9.17) is 4.74 Å². The highest BCUT2D eigenvalue weighted by Gasteiger charge is 2.30. The lowest BCUT2D eigenvalue weighted by Gasteiger charge is -2.19. The second-order valence-corrected chi connectivity index (χ2v) is 9.44. The molecule has 0 unspecified atom stereocenters. The van der Waals surface area contributed by atoms with Crippen molar-refractivity contribution in [1.29, 1.82) is 0 Å². The molecule has 0 aliphatic carbocycles. The fraction of sp³-hybridized carbons (Fsp3) is 0.348. The van der Waals surface area contributed by atoms with Crippen LogP contribution in [0.4, 0.5) is 0 Å². The van der Waals surface area contributed by atoms with Gasteiger partial charge < -0.3 is 4.74 Å². The summed E-state index contributed by atoms with van der Waals surface area (Å²) in [5.74, 6) is 0.642. The highest BCUT2D eigenvalue weighted by molar-refractivity contribution is 8.00. The van der Waals surface area contributed by atoms with Crippen molar-refractivity contribution in [3.05, 3.63) is 65.7 Å². The Balaban J connectivity index is 1.70. The SMILES string of the molecule is CC(C)(C)c1ccc(-c2nnc(S[C@@H]3CCOC3=O)n2Cc2ccccc2)cc1. The number of cyclic esters (lactones) is 1. The van der Waals surface area contributed by atoms with E-state index in [9.17, 15) is 4.79 Å². The molecule has 1 fully saturated rings. The number of ether oxygens (including phenoxy) is 1. The maximum Gasteiger partial charge on any atom is 0.319 e. The van der Waals surface area contributed by atoms with Crippen LogP contribution in [0.1, 0.15) is 38.3 Å². The summed E-state index contributed by atoms with van der Waals surface area (Å²) in [6.07, 6.45) is 0.706. The van der Waals surface area contributed by atoms with Crippen molar-refractivity contribution in [3.8, 4) is 11.4 Å². The summed E-state index contributed by atoms with van der Waals surface area (Å²) in [4.78, 5) is 12.0. The van der Waals surface area contributed by atoms with Gasteiger partial charge in [-0.25, -0.2) is 0 Å². The van der Waals surface area contributed by atoms with Crippen LogP contribution in [0.25, 0.3) is 11.4 Å². The summed E-state index contributed by atoms with van der Waals surface area (Å²) < 4.78 is 7.21.